The molecule has 0 aliphatic carbocycles. The standard InChI is InChI=1S/C22H27N9O7S3/c1-3-30-12(24)4-11(23)27-22(30)41-6-9-5-39-18-14(17(33)31(18)15(9)20(36)37)28-16(32)13(10-7-40-21(25)26-10)29-38-8(2)19(34)35/h4,7-8,12,14,18H,3,5-6,23-24H2,1-2H3,(H2,25,26)(H,28,32)(H,34,35)(H,36,37)/b29-13-/t8?,12?,14?,18-/m0/s1. The Bertz CT molecular complexity index is 1390. The fourth-order valence-electron chi connectivity index (χ4n) is 4.00. The maximum atomic E-state index is 13.1. The van der Waals surface area contributed by atoms with E-state index in [1.807, 2.05) is 11.8 Å². The number of carbonyl (C=O) groups is 4. The van der Waals surface area contributed by atoms with E-state index in [-0.39, 0.29) is 39.6 Å². The number of aliphatic imine (C=N–C) groups is 1. The number of carbonyl (C=O) groups excluding carboxylic acids is 2. The van der Waals surface area contributed by atoms with Crippen LogP contribution >= 0.6 is 34.9 Å². The van der Waals surface area contributed by atoms with Crippen molar-refractivity contribution in [2.45, 2.75) is 37.5 Å². The van der Waals surface area contributed by atoms with Crippen molar-refractivity contribution in [1.82, 2.24) is 20.1 Å². The van der Waals surface area contributed by atoms with E-state index in [1.54, 1.807) is 6.08 Å². The second kappa shape index (κ2) is 12.4. The van der Waals surface area contributed by atoms with Crippen LogP contribution in [0, 0.1) is 0 Å². The summed E-state index contributed by atoms with van der Waals surface area (Å²) in [7, 11) is 0. The molecule has 0 saturated carbocycles. The average molecular weight is 626 g/mol. The lowest BCUT2D eigenvalue weighted by molar-refractivity contribution is -0.150. The molecule has 3 unspecified atom stereocenters. The second-order valence-corrected chi connectivity index (χ2v) is 11.7. The van der Waals surface area contributed by atoms with Crippen LogP contribution in [0.3, 0.4) is 0 Å². The Hall–Kier alpha value is -3.81. The summed E-state index contributed by atoms with van der Waals surface area (Å²) in [5, 5.41) is 26.6. The lowest BCUT2D eigenvalue weighted by atomic mass is 10.0. The third-order valence-electron chi connectivity index (χ3n) is 6.05. The number of hydrogen-bond acceptors (Lipinski definition) is 15. The molecule has 3 aliphatic heterocycles. The number of carboxylic acids is 2. The molecule has 41 heavy (non-hydrogen) atoms. The number of rotatable bonds is 10. The summed E-state index contributed by atoms with van der Waals surface area (Å²) in [5.74, 6) is -3.34. The van der Waals surface area contributed by atoms with Crippen molar-refractivity contribution >= 4 is 74.6 Å². The highest BCUT2D eigenvalue weighted by molar-refractivity contribution is 8.14. The summed E-state index contributed by atoms with van der Waals surface area (Å²) in [6, 6.07) is -1.07. The highest BCUT2D eigenvalue weighted by Gasteiger charge is 2.54. The summed E-state index contributed by atoms with van der Waals surface area (Å²) >= 11 is 3.57. The van der Waals surface area contributed by atoms with Gasteiger partial charge in [-0.2, -0.15) is 0 Å². The van der Waals surface area contributed by atoms with E-state index in [2.05, 4.69) is 20.4 Å². The molecule has 0 radical (unpaired) electrons. The van der Waals surface area contributed by atoms with Gasteiger partial charge < -0.3 is 42.5 Å². The summed E-state index contributed by atoms with van der Waals surface area (Å²) in [4.78, 5) is 65.8. The molecular weight excluding hydrogens is 598 g/mol. The number of thioether (sulfide) groups is 2. The summed E-state index contributed by atoms with van der Waals surface area (Å²) in [5.41, 5.74) is 17.6. The summed E-state index contributed by atoms with van der Waals surface area (Å²) in [6.07, 6.45) is -0.219. The van der Waals surface area contributed by atoms with Gasteiger partial charge in [0.05, 0.1) is 0 Å². The number of fused-ring (bicyclic) bond motifs is 1. The average Bonchev–Trinajstić information content (AvgIpc) is 3.34. The molecule has 4 heterocycles. The summed E-state index contributed by atoms with van der Waals surface area (Å²) in [6.45, 7) is 3.68. The molecule has 16 nitrogen and oxygen atoms in total. The van der Waals surface area contributed by atoms with Crippen molar-refractivity contribution in [2.75, 3.05) is 23.8 Å². The molecule has 9 N–H and O–H groups in total. The summed E-state index contributed by atoms with van der Waals surface area (Å²) < 4.78 is 0. The van der Waals surface area contributed by atoms with Crippen molar-refractivity contribution in [1.29, 1.82) is 0 Å². The van der Waals surface area contributed by atoms with Crippen molar-refractivity contribution in [2.24, 2.45) is 21.6 Å². The Balaban J connectivity index is 1.50. The third kappa shape index (κ3) is 6.26. The van der Waals surface area contributed by atoms with Crippen molar-refractivity contribution < 1.29 is 34.2 Å². The quantitative estimate of drug-likeness (QED) is 0.105. The SMILES string of the molecule is CCN1C(SCC2=C(C(=O)O)N3C(=O)C(NC(=O)/C(=N\OC(C)C(=O)O)c4csc(N)n4)[C@@H]3SC2)=NC(N)=CC1N. The minimum Gasteiger partial charge on any atom is -0.478 e. The number of anilines is 1. The first-order valence-corrected chi connectivity index (χ1v) is 14.9. The third-order valence-corrected chi connectivity index (χ3v) is 9.14. The van der Waals surface area contributed by atoms with Crippen LogP contribution in [0.1, 0.15) is 19.5 Å². The first-order chi connectivity index (χ1) is 19.4. The number of amidine groups is 1. The zero-order chi connectivity index (χ0) is 30.0. The Morgan fingerprint density at radius 2 is 2.07 bits per heavy atom. The van der Waals surface area contributed by atoms with E-state index in [9.17, 15) is 24.3 Å². The normalized spacial score (nSPS) is 23.2. The molecule has 4 rings (SSSR count). The molecule has 0 spiro atoms. The lowest BCUT2D eigenvalue weighted by Crippen LogP contribution is -2.71. The van der Waals surface area contributed by atoms with Crippen LogP contribution in [0.2, 0.25) is 0 Å². The van der Waals surface area contributed by atoms with E-state index in [4.69, 9.17) is 27.1 Å². The van der Waals surface area contributed by atoms with Gasteiger partial charge in [0.15, 0.2) is 16.0 Å². The zero-order valence-corrected chi connectivity index (χ0v) is 24.2. The predicted octanol–water partition coefficient (Wildman–Crippen LogP) is -0.833. The van der Waals surface area contributed by atoms with E-state index >= 15 is 0 Å². The van der Waals surface area contributed by atoms with E-state index < -0.39 is 47.4 Å². The number of nitrogens with zero attached hydrogens (tertiary/aromatic N) is 5. The van der Waals surface area contributed by atoms with Gasteiger partial charge in [-0.15, -0.1) is 23.1 Å². The molecule has 19 heteroatoms. The van der Waals surface area contributed by atoms with Gasteiger partial charge in [0.1, 0.15) is 34.8 Å². The van der Waals surface area contributed by atoms with E-state index in [1.165, 1.54) is 35.8 Å². The Labute approximate surface area is 245 Å². The molecule has 0 aromatic carbocycles. The van der Waals surface area contributed by atoms with E-state index in [0.29, 0.717) is 17.3 Å². The van der Waals surface area contributed by atoms with Gasteiger partial charge in [0, 0.05) is 23.4 Å². The van der Waals surface area contributed by atoms with Crippen LogP contribution in [0.4, 0.5) is 5.13 Å². The smallest absolute Gasteiger partial charge is 0.352 e. The van der Waals surface area contributed by atoms with Crippen LogP contribution < -0.4 is 22.5 Å². The molecule has 4 atom stereocenters. The van der Waals surface area contributed by atoms with E-state index in [0.717, 1.165) is 16.2 Å². The monoisotopic (exact) mass is 625 g/mol. The number of nitrogens with one attached hydrogen (secondary N) is 1. The number of aliphatic carboxylic acids is 2. The lowest BCUT2D eigenvalue weighted by Gasteiger charge is -2.49. The fraction of sp³-hybridized carbons (Fsp3) is 0.409. The molecule has 3 aliphatic rings. The van der Waals surface area contributed by atoms with Crippen molar-refractivity contribution in [3.05, 3.63) is 34.2 Å². The number of thiazole rings is 1. The molecule has 0 bridgehead atoms. The van der Waals surface area contributed by atoms with Crippen LogP contribution in [-0.2, 0) is 24.0 Å². The van der Waals surface area contributed by atoms with Crippen LogP contribution in [0.5, 0.6) is 0 Å². The zero-order valence-electron chi connectivity index (χ0n) is 21.7. The molecule has 1 aromatic rings. The highest BCUT2D eigenvalue weighted by atomic mass is 32.2. The van der Waals surface area contributed by atoms with Gasteiger partial charge in [-0.1, -0.05) is 16.9 Å². The number of β-lactam (4-membered cyclic amide) rings is 1. The maximum Gasteiger partial charge on any atom is 0.352 e. The maximum absolute atomic E-state index is 13.1. The number of likely N-dealkylation sites (N-methyl/N-ethyl adjacent to an activating group) is 1. The Morgan fingerprint density at radius 3 is 2.68 bits per heavy atom. The number of amides is 2. The molecule has 2 amide bonds. The number of oxime groups is 1. The first kappa shape index (κ1) is 30.2. The molecule has 1 saturated heterocycles. The number of hydrogen-bond donors (Lipinski definition) is 6. The van der Waals surface area contributed by atoms with Gasteiger partial charge in [0.25, 0.3) is 11.8 Å². The number of carboxylic acid groups (broad SMARTS) is 2. The van der Waals surface area contributed by atoms with Gasteiger partial charge >= 0.3 is 11.9 Å². The molecule has 1 fully saturated rings. The van der Waals surface area contributed by atoms with Crippen LogP contribution in [-0.4, -0.2) is 101 Å². The van der Waals surface area contributed by atoms with Gasteiger partial charge in [-0.05, 0) is 25.5 Å². The topological polar surface area (TPSA) is 252 Å². The predicted molar refractivity (Wildman–Crippen MR) is 153 cm³/mol. The molecule has 220 valence electrons. The van der Waals surface area contributed by atoms with Crippen molar-refractivity contribution in [3.8, 4) is 0 Å². The largest absolute Gasteiger partial charge is 0.478 e. The minimum atomic E-state index is -1.37. The Morgan fingerprint density at radius 1 is 1.34 bits per heavy atom. The van der Waals surface area contributed by atoms with Gasteiger partial charge in [-0.25, -0.2) is 19.6 Å². The molecule has 1 aromatic heterocycles. The number of aromatic nitrogens is 1. The van der Waals surface area contributed by atoms with Gasteiger partial charge in [0.2, 0.25) is 6.10 Å². The first-order valence-electron chi connectivity index (χ1n) is 12.0. The highest BCUT2D eigenvalue weighted by Crippen LogP contribution is 2.41. The van der Waals surface area contributed by atoms with Crippen LogP contribution in [0.15, 0.2) is 38.7 Å². The fourth-order valence-corrected chi connectivity index (χ4v) is 7.15. The van der Waals surface area contributed by atoms with Gasteiger partial charge in [-0.3, -0.25) is 14.5 Å². The second-order valence-electron chi connectivity index (χ2n) is 8.77. The minimum absolute atomic E-state index is 0.0231. The number of nitrogen functional groups attached to an aromatic ring is 1. The molecular formula is C22H27N9O7S3. The Kier molecular flexibility index (Phi) is 9.10. The van der Waals surface area contributed by atoms with Crippen LogP contribution in [0.25, 0.3) is 0 Å². The number of nitrogens with two attached hydrogens (primary N) is 3. The van der Waals surface area contributed by atoms with Crippen molar-refractivity contribution in [3.63, 3.8) is 0 Å².